The van der Waals surface area contributed by atoms with Gasteiger partial charge in [0.2, 0.25) is 5.91 Å². The van der Waals surface area contributed by atoms with Crippen molar-refractivity contribution in [2.75, 3.05) is 26.2 Å². The van der Waals surface area contributed by atoms with E-state index in [2.05, 4.69) is 41.1 Å². The largest absolute Gasteiger partial charge is 0.341 e. The fraction of sp³-hybridized carbons (Fsp3) is 0.458. The number of aromatic nitrogens is 1. The minimum atomic E-state index is -0.358. The number of carbonyl (C=O) groups excluding carboxylic acids is 1. The van der Waals surface area contributed by atoms with Gasteiger partial charge in [0.05, 0.1) is 0 Å². The van der Waals surface area contributed by atoms with E-state index in [1.807, 2.05) is 17.9 Å². The lowest BCUT2D eigenvalue weighted by Crippen LogP contribution is -2.35. The fourth-order valence-electron chi connectivity index (χ4n) is 4.22. The topological polar surface area (TPSA) is 80.2 Å². The number of nitriles is 1. The van der Waals surface area contributed by atoms with Gasteiger partial charge < -0.3 is 9.88 Å². The number of nitrogens with one attached hydrogen (secondary N) is 1. The third kappa shape index (κ3) is 4.98. The van der Waals surface area contributed by atoms with Gasteiger partial charge in [-0.1, -0.05) is 24.3 Å². The van der Waals surface area contributed by atoms with Crippen LogP contribution in [0.3, 0.4) is 0 Å². The van der Waals surface area contributed by atoms with Gasteiger partial charge in [-0.25, -0.2) is 0 Å². The summed E-state index contributed by atoms with van der Waals surface area (Å²) in [5.74, 6) is 0.135. The van der Waals surface area contributed by atoms with Crippen LogP contribution in [0.2, 0.25) is 0 Å². The number of aromatic amines is 1. The average molecular weight is 407 g/mol. The molecule has 1 aromatic heterocycles. The van der Waals surface area contributed by atoms with Crippen LogP contribution >= 0.6 is 0 Å². The molecule has 1 aliphatic heterocycles. The third-order valence-corrected chi connectivity index (χ3v) is 6.11. The van der Waals surface area contributed by atoms with Gasteiger partial charge in [-0.2, -0.15) is 5.26 Å². The Bertz CT molecular complexity index is 1020. The number of hydrogen-bond donors (Lipinski definition) is 1. The molecule has 1 aromatic carbocycles. The summed E-state index contributed by atoms with van der Waals surface area (Å²) in [6.07, 6.45) is 1.88. The maximum absolute atomic E-state index is 12.9. The van der Waals surface area contributed by atoms with Crippen molar-refractivity contribution in [1.29, 1.82) is 5.26 Å². The maximum Gasteiger partial charge on any atom is 0.266 e. The number of H-pyrrole nitrogens is 1. The molecule has 0 atom stereocenters. The number of carbonyl (C=O) groups is 1. The number of benzene rings is 1. The lowest BCUT2D eigenvalue weighted by molar-refractivity contribution is -0.131. The zero-order valence-corrected chi connectivity index (χ0v) is 18.1. The molecule has 6 nitrogen and oxygen atoms in total. The van der Waals surface area contributed by atoms with E-state index in [1.165, 1.54) is 11.1 Å². The Labute approximate surface area is 178 Å². The predicted octanol–water partition coefficient (Wildman–Crippen LogP) is 2.84. The molecular formula is C24H30N4O2. The Morgan fingerprint density at radius 3 is 2.63 bits per heavy atom. The second kappa shape index (κ2) is 9.73. The molecule has 158 valence electrons. The Kier molecular flexibility index (Phi) is 7.07. The highest BCUT2D eigenvalue weighted by Gasteiger charge is 2.20. The highest BCUT2D eigenvalue weighted by molar-refractivity contribution is 5.76. The summed E-state index contributed by atoms with van der Waals surface area (Å²) < 4.78 is 0. The number of aryl methyl sites for hydroxylation is 2. The minimum Gasteiger partial charge on any atom is -0.341 e. The van der Waals surface area contributed by atoms with Gasteiger partial charge in [0.25, 0.3) is 5.56 Å². The molecule has 1 amide bonds. The Balaban J connectivity index is 1.59. The first-order valence-corrected chi connectivity index (χ1v) is 10.6. The standard InChI is InChI=1S/C24H30N4O2/c1-17-7-4-5-8-20(17)16-27-11-6-12-28(14-13-27)23(29)10-9-21-18(2)22(15-25)24(30)26-19(21)3/h4-5,7-8H,6,9-14,16H2,1-3H3,(H,26,30). The first-order chi connectivity index (χ1) is 14.4. The first-order valence-electron chi connectivity index (χ1n) is 10.6. The summed E-state index contributed by atoms with van der Waals surface area (Å²) in [6, 6.07) is 10.4. The molecule has 1 aliphatic rings. The van der Waals surface area contributed by atoms with Gasteiger partial charge in [-0.15, -0.1) is 0 Å². The summed E-state index contributed by atoms with van der Waals surface area (Å²) in [4.78, 5) is 31.9. The molecule has 0 unspecified atom stereocenters. The lowest BCUT2D eigenvalue weighted by Gasteiger charge is -2.23. The molecular weight excluding hydrogens is 376 g/mol. The molecule has 1 N–H and O–H groups in total. The molecule has 0 saturated carbocycles. The van der Waals surface area contributed by atoms with Crippen molar-refractivity contribution < 1.29 is 4.79 Å². The van der Waals surface area contributed by atoms with E-state index in [0.29, 0.717) is 18.4 Å². The summed E-state index contributed by atoms with van der Waals surface area (Å²) in [5.41, 5.74) is 4.76. The van der Waals surface area contributed by atoms with Gasteiger partial charge >= 0.3 is 0 Å². The summed E-state index contributed by atoms with van der Waals surface area (Å²) >= 11 is 0. The van der Waals surface area contributed by atoms with Crippen molar-refractivity contribution in [2.24, 2.45) is 0 Å². The quantitative estimate of drug-likeness (QED) is 0.828. The molecule has 1 saturated heterocycles. The van der Waals surface area contributed by atoms with Crippen molar-refractivity contribution in [3.05, 3.63) is 68.1 Å². The van der Waals surface area contributed by atoms with E-state index in [1.54, 1.807) is 6.92 Å². The van der Waals surface area contributed by atoms with E-state index in [-0.39, 0.29) is 17.0 Å². The summed E-state index contributed by atoms with van der Waals surface area (Å²) in [7, 11) is 0. The van der Waals surface area contributed by atoms with E-state index in [9.17, 15) is 14.9 Å². The number of amides is 1. The van der Waals surface area contributed by atoms with Gasteiger partial charge in [0.15, 0.2) is 0 Å². The van der Waals surface area contributed by atoms with Crippen molar-refractivity contribution in [2.45, 2.75) is 46.6 Å². The second-order valence-electron chi connectivity index (χ2n) is 8.11. The third-order valence-electron chi connectivity index (χ3n) is 6.11. The molecule has 0 radical (unpaired) electrons. The van der Waals surface area contributed by atoms with E-state index in [4.69, 9.17) is 0 Å². The van der Waals surface area contributed by atoms with Gasteiger partial charge in [0.1, 0.15) is 11.6 Å². The SMILES string of the molecule is Cc1ccccc1CN1CCCN(C(=O)CCc2c(C)[nH]c(=O)c(C#N)c2C)CC1. The second-order valence-corrected chi connectivity index (χ2v) is 8.11. The molecule has 3 rings (SSSR count). The fourth-order valence-corrected chi connectivity index (χ4v) is 4.22. The van der Waals surface area contributed by atoms with Crippen LogP contribution in [0.1, 0.15) is 46.4 Å². The number of hydrogen-bond acceptors (Lipinski definition) is 4. The van der Waals surface area contributed by atoms with E-state index >= 15 is 0 Å². The summed E-state index contributed by atoms with van der Waals surface area (Å²) in [5, 5.41) is 9.22. The average Bonchev–Trinajstić information content (AvgIpc) is 2.95. The molecule has 2 aromatic rings. The molecule has 2 heterocycles. The Hall–Kier alpha value is -2.91. The number of nitrogens with zero attached hydrogens (tertiary/aromatic N) is 3. The lowest BCUT2D eigenvalue weighted by atomic mass is 9.99. The van der Waals surface area contributed by atoms with Crippen LogP contribution in [0, 0.1) is 32.1 Å². The van der Waals surface area contributed by atoms with E-state index in [0.717, 1.165) is 50.4 Å². The normalized spacial score (nSPS) is 14.9. The van der Waals surface area contributed by atoms with Gasteiger partial charge in [-0.05, 0) is 55.9 Å². The molecule has 1 fully saturated rings. The predicted molar refractivity (Wildman–Crippen MR) is 117 cm³/mol. The van der Waals surface area contributed by atoms with Crippen LogP contribution < -0.4 is 5.56 Å². The van der Waals surface area contributed by atoms with Gasteiger partial charge in [0, 0.05) is 44.8 Å². The highest BCUT2D eigenvalue weighted by Crippen LogP contribution is 2.17. The molecule has 0 bridgehead atoms. The molecule has 0 aliphatic carbocycles. The van der Waals surface area contributed by atoms with Crippen molar-refractivity contribution in [3.63, 3.8) is 0 Å². The summed E-state index contributed by atoms with van der Waals surface area (Å²) in [6.45, 7) is 10.0. The monoisotopic (exact) mass is 406 g/mol. The zero-order chi connectivity index (χ0) is 21.7. The van der Waals surface area contributed by atoms with Crippen LogP contribution in [-0.2, 0) is 17.8 Å². The van der Waals surface area contributed by atoms with Crippen molar-refractivity contribution in [3.8, 4) is 6.07 Å². The molecule has 6 heteroatoms. The van der Waals surface area contributed by atoms with Crippen LogP contribution in [0.4, 0.5) is 0 Å². The van der Waals surface area contributed by atoms with Crippen LogP contribution in [0.25, 0.3) is 0 Å². The van der Waals surface area contributed by atoms with Crippen molar-refractivity contribution >= 4 is 5.91 Å². The maximum atomic E-state index is 12.9. The van der Waals surface area contributed by atoms with Crippen LogP contribution in [-0.4, -0.2) is 46.9 Å². The smallest absolute Gasteiger partial charge is 0.266 e. The zero-order valence-electron chi connectivity index (χ0n) is 18.1. The van der Waals surface area contributed by atoms with E-state index < -0.39 is 0 Å². The Morgan fingerprint density at radius 2 is 1.90 bits per heavy atom. The molecule has 30 heavy (non-hydrogen) atoms. The number of pyridine rings is 1. The van der Waals surface area contributed by atoms with Crippen molar-refractivity contribution in [1.82, 2.24) is 14.8 Å². The molecule has 0 spiro atoms. The van der Waals surface area contributed by atoms with Crippen LogP contribution in [0.5, 0.6) is 0 Å². The van der Waals surface area contributed by atoms with Crippen LogP contribution in [0.15, 0.2) is 29.1 Å². The Morgan fingerprint density at radius 1 is 1.13 bits per heavy atom. The highest BCUT2D eigenvalue weighted by atomic mass is 16.2. The number of rotatable bonds is 5. The van der Waals surface area contributed by atoms with Gasteiger partial charge in [-0.3, -0.25) is 14.5 Å². The minimum absolute atomic E-state index is 0.135. The first kappa shape index (κ1) is 21.8.